The largest absolute Gasteiger partial charge is 0.328 e. The number of fused-ring (bicyclic) bond motifs is 1. The van der Waals surface area contributed by atoms with Crippen molar-refractivity contribution in [3.05, 3.63) is 41.8 Å². The van der Waals surface area contributed by atoms with E-state index >= 15 is 0 Å². The zero-order valence-electron chi connectivity index (χ0n) is 7.98. The molecule has 0 saturated carbocycles. The number of hydrogen-bond acceptors (Lipinski definition) is 2. The molecule has 4 nitrogen and oxygen atoms in total. The Kier molecular flexibility index (Phi) is 1.94. The van der Waals surface area contributed by atoms with Crippen LogP contribution >= 0.6 is 11.6 Å². The van der Waals surface area contributed by atoms with E-state index in [4.69, 9.17) is 11.6 Å². The van der Waals surface area contributed by atoms with Crippen molar-refractivity contribution >= 4 is 17.1 Å². The molecule has 0 amide bonds. The van der Waals surface area contributed by atoms with E-state index in [9.17, 15) is 4.39 Å². The fourth-order valence-corrected chi connectivity index (χ4v) is 1.73. The van der Waals surface area contributed by atoms with E-state index in [1.807, 2.05) is 0 Å². The first-order valence-corrected chi connectivity index (χ1v) is 4.96. The summed E-state index contributed by atoms with van der Waals surface area (Å²) in [6, 6.07) is 4.76. The molecule has 16 heavy (non-hydrogen) atoms. The third-order valence-corrected chi connectivity index (χ3v) is 2.48. The molecule has 3 heterocycles. The van der Waals surface area contributed by atoms with Crippen molar-refractivity contribution in [2.75, 3.05) is 0 Å². The summed E-state index contributed by atoms with van der Waals surface area (Å²) in [6.45, 7) is 0. The highest BCUT2D eigenvalue weighted by Crippen LogP contribution is 2.21. The van der Waals surface area contributed by atoms with Crippen LogP contribution in [0.1, 0.15) is 0 Å². The van der Waals surface area contributed by atoms with Crippen molar-refractivity contribution in [3.8, 4) is 11.5 Å². The van der Waals surface area contributed by atoms with E-state index in [-0.39, 0.29) is 5.95 Å². The number of imidazole rings is 2. The number of nitrogens with one attached hydrogen (secondary N) is 1. The smallest absolute Gasteiger partial charge is 0.199 e. The number of H-pyrrole nitrogens is 1. The zero-order chi connectivity index (χ0) is 11.1. The quantitative estimate of drug-likeness (QED) is 0.660. The van der Waals surface area contributed by atoms with Crippen molar-refractivity contribution < 1.29 is 4.39 Å². The van der Waals surface area contributed by atoms with Gasteiger partial charge in [-0.05, 0) is 12.1 Å². The first kappa shape index (κ1) is 9.35. The Bertz CT molecular complexity index is 658. The van der Waals surface area contributed by atoms with Gasteiger partial charge in [-0.15, -0.1) is 0 Å². The van der Waals surface area contributed by atoms with Crippen molar-refractivity contribution in [2.24, 2.45) is 0 Å². The van der Waals surface area contributed by atoms with Crippen LogP contribution in [-0.4, -0.2) is 19.4 Å². The minimum atomic E-state index is -0.367. The molecular weight excluding hydrogens is 231 g/mol. The Morgan fingerprint density at radius 2 is 2.19 bits per heavy atom. The van der Waals surface area contributed by atoms with Crippen molar-refractivity contribution in [3.63, 3.8) is 0 Å². The predicted molar refractivity (Wildman–Crippen MR) is 57.7 cm³/mol. The summed E-state index contributed by atoms with van der Waals surface area (Å²) in [7, 11) is 0. The lowest BCUT2D eigenvalue weighted by Gasteiger charge is -1.96. The van der Waals surface area contributed by atoms with Crippen LogP contribution in [0.15, 0.2) is 30.7 Å². The molecule has 0 aliphatic heterocycles. The first-order chi connectivity index (χ1) is 7.75. The Morgan fingerprint density at radius 1 is 1.31 bits per heavy atom. The number of rotatable bonds is 1. The van der Waals surface area contributed by atoms with Crippen LogP contribution in [0.2, 0.25) is 5.15 Å². The molecular formula is C10H6ClFN4. The molecule has 3 aromatic heterocycles. The van der Waals surface area contributed by atoms with Gasteiger partial charge in [0.15, 0.2) is 11.8 Å². The molecule has 0 bridgehead atoms. The fraction of sp³-hybridized carbons (Fsp3) is 0. The minimum absolute atomic E-state index is 0.367. The van der Waals surface area contributed by atoms with E-state index in [1.165, 1.54) is 23.0 Å². The molecule has 80 valence electrons. The van der Waals surface area contributed by atoms with Crippen LogP contribution in [0, 0.1) is 5.95 Å². The second-order valence-corrected chi connectivity index (χ2v) is 3.68. The maximum Gasteiger partial charge on any atom is 0.199 e. The van der Waals surface area contributed by atoms with Gasteiger partial charge in [-0.3, -0.25) is 4.40 Å². The van der Waals surface area contributed by atoms with Crippen molar-refractivity contribution in [1.82, 2.24) is 19.4 Å². The Balaban J connectivity index is 2.29. The highest BCUT2D eigenvalue weighted by Gasteiger charge is 2.11. The van der Waals surface area contributed by atoms with Crippen LogP contribution in [0.3, 0.4) is 0 Å². The second kappa shape index (κ2) is 3.31. The number of nitrogens with zero attached hydrogens (tertiary/aromatic N) is 3. The molecule has 0 fully saturated rings. The van der Waals surface area contributed by atoms with E-state index in [2.05, 4.69) is 15.0 Å². The highest BCUT2D eigenvalue weighted by molar-refractivity contribution is 6.29. The fourth-order valence-electron chi connectivity index (χ4n) is 1.59. The summed E-state index contributed by atoms with van der Waals surface area (Å²) in [4.78, 5) is 11.0. The van der Waals surface area contributed by atoms with Gasteiger partial charge >= 0.3 is 0 Å². The van der Waals surface area contributed by atoms with Crippen LogP contribution in [-0.2, 0) is 0 Å². The Morgan fingerprint density at radius 3 is 2.94 bits per heavy atom. The van der Waals surface area contributed by atoms with Gasteiger partial charge in [0.2, 0.25) is 0 Å². The SMILES string of the molecule is Fc1cccc2c(-c3ncc(Cl)[nH]3)ncn12. The summed E-state index contributed by atoms with van der Waals surface area (Å²) < 4.78 is 14.7. The van der Waals surface area contributed by atoms with E-state index < -0.39 is 0 Å². The van der Waals surface area contributed by atoms with Crippen LogP contribution < -0.4 is 0 Å². The maximum absolute atomic E-state index is 13.4. The summed E-state index contributed by atoms with van der Waals surface area (Å²) >= 11 is 5.73. The molecule has 0 aliphatic rings. The van der Waals surface area contributed by atoms with Crippen molar-refractivity contribution in [1.29, 1.82) is 0 Å². The van der Waals surface area contributed by atoms with Crippen LogP contribution in [0.4, 0.5) is 4.39 Å². The van der Waals surface area contributed by atoms with E-state index in [0.717, 1.165) is 0 Å². The summed E-state index contributed by atoms with van der Waals surface area (Å²) in [5.74, 6) is 0.159. The van der Waals surface area contributed by atoms with Gasteiger partial charge in [-0.2, -0.15) is 4.39 Å². The van der Waals surface area contributed by atoms with Gasteiger partial charge < -0.3 is 4.98 Å². The molecule has 3 rings (SSSR count). The molecule has 0 radical (unpaired) electrons. The Hall–Kier alpha value is -1.88. The second-order valence-electron chi connectivity index (χ2n) is 3.28. The number of halogens is 2. The average Bonchev–Trinajstić information content (AvgIpc) is 2.84. The monoisotopic (exact) mass is 236 g/mol. The molecule has 0 atom stereocenters. The van der Waals surface area contributed by atoms with Gasteiger partial charge in [0.25, 0.3) is 0 Å². The lowest BCUT2D eigenvalue weighted by atomic mass is 10.3. The molecule has 0 saturated heterocycles. The molecule has 6 heteroatoms. The number of aromatic amines is 1. The normalized spacial score (nSPS) is 11.1. The van der Waals surface area contributed by atoms with Gasteiger partial charge in [-0.25, -0.2) is 9.97 Å². The van der Waals surface area contributed by atoms with E-state index in [1.54, 1.807) is 12.1 Å². The van der Waals surface area contributed by atoms with Crippen LogP contribution in [0.5, 0.6) is 0 Å². The number of aromatic nitrogens is 4. The number of pyridine rings is 1. The van der Waals surface area contributed by atoms with Crippen molar-refractivity contribution in [2.45, 2.75) is 0 Å². The highest BCUT2D eigenvalue weighted by atomic mass is 35.5. The van der Waals surface area contributed by atoms with Gasteiger partial charge in [0.1, 0.15) is 17.2 Å². The molecule has 0 spiro atoms. The third-order valence-electron chi connectivity index (χ3n) is 2.29. The van der Waals surface area contributed by atoms with Gasteiger partial charge in [0, 0.05) is 0 Å². The lowest BCUT2D eigenvalue weighted by molar-refractivity contribution is 0.567. The third kappa shape index (κ3) is 1.29. The maximum atomic E-state index is 13.4. The van der Waals surface area contributed by atoms with Crippen LogP contribution in [0.25, 0.3) is 17.0 Å². The molecule has 1 N–H and O–H groups in total. The molecule has 0 unspecified atom stereocenters. The minimum Gasteiger partial charge on any atom is -0.328 e. The Labute approximate surface area is 94.7 Å². The van der Waals surface area contributed by atoms with Gasteiger partial charge in [0.05, 0.1) is 11.7 Å². The first-order valence-electron chi connectivity index (χ1n) is 4.58. The zero-order valence-corrected chi connectivity index (χ0v) is 8.74. The standard InChI is InChI=1S/C10H6ClFN4/c11-7-4-13-10(15-7)9-6-2-1-3-8(12)16(6)5-14-9/h1-5H,(H,13,15). The van der Waals surface area contributed by atoms with E-state index in [0.29, 0.717) is 22.2 Å². The molecule has 0 aromatic carbocycles. The molecule has 0 aliphatic carbocycles. The average molecular weight is 237 g/mol. The summed E-state index contributed by atoms with van der Waals surface area (Å²) in [5, 5.41) is 0.424. The topological polar surface area (TPSA) is 46.0 Å². The lowest BCUT2D eigenvalue weighted by Crippen LogP contribution is -1.89. The van der Waals surface area contributed by atoms with Gasteiger partial charge in [-0.1, -0.05) is 17.7 Å². The summed E-state index contributed by atoms with van der Waals surface area (Å²) in [6.07, 6.45) is 2.90. The summed E-state index contributed by atoms with van der Waals surface area (Å²) in [5.41, 5.74) is 1.22. The number of hydrogen-bond donors (Lipinski definition) is 1. The predicted octanol–water partition coefficient (Wildman–Crippen LogP) is 2.52. The molecule has 3 aromatic rings.